The van der Waals surface area contributed by atoms with Gasteiger partial charge in [0.1, 0.15) is 4.75 Å². The number of aliphatic imine (C=N–C) groups is 1. The van der Waals surface area contributed by atoms with Crippen molar-refractivity contribution in [3.8, 4) is 0 Å². The number of benzene rings is 1. The molecule has 1 aromatic carbocycles. The number of likely N-dealkylation sites (tertiary alicyclic amines) is 1. The van der Waals surface area contributed by atoms with Crippen LogP contribution in [0.15, 0.2) is 29.3 Å². The van der Waals surface area contributed by atoms with E-state index in [1.165, 1.54) is 25.7 Å². The molecular formula is C25H34N4O2S. The van der Waals surface area contributed by atoms with E-state index in [1.54, 1.807) is 11.8 Å². The van der Waals surface area contributed by atoms with Crippen molar-refractivity contribution in [2.24, 2.45) is 22.7 Å². The van der Waals surface area contributed by atoms with Crippen LogP contribution in [0.3, 0.4) is 0 Å². The van der Waals surface area contributed by atoms with Crippen LogP contribution in [0.2, 0.25) is 0 Å². The lowest BCUT2D eigenvalue weighted by molar-refractivity contribution is -0.132. The zero-order chi connectivity index (χ0) is 22.3. The fourth-order valence-corrected chi connectivity index (χ4v) is 7.42. The van der Waals surface area contributed by atoms with Gasteiger partial charge in [-0.1, -0.05) is 30.3 Å². The van der Waals surface area contributed by atoms with Crippen LogP contribution in [0.1, 0.15) is 57.4 Å². The first kappa shape index (κ1) is 21.8. The van der Waals surface area contributed by atoms with Crippen molar-refractivity contribution in [1.82, 2.24) is 10.2 Å². The van der Waals surface area contributed by atoms with E-state index in [0.29, 0.717) is 12.5 Å². The van der Waals surface area contributed by atoms with E-state index in [9.17, 15) is 9.59 Å². The number of nitrogens with two attached hydrogens (primary N) is 1. The number of rotatable bonds is 5. The highest BCUT2D eigenvalue weighted by Crippen LogP contribution is 2.47. The average molecular weight is 455 g/mol. The first-order chi connectivity index (χ1) is 15.4. The molecule has 4 atom stereocenters. The lowest BCUT2D eigenvalue weighted by Gasteiger charge is -2.38. The minimum atomic E-state index is -0.501. The lowest BCUT2D eigenvalue weighted by Crippen LogP contribution is -2.46. The second kappa shape index (κ2) is 8.73. The highest BCUT2D eigenvalue weighted by Gasteiger charge is 2.49. The van der Waals surface area contributed by atoms with Crippen molar-refractivity contribution in [3.05, 3.63) is 29.8 Å². The molecule has 2 amide bonds. The van der Waals surface area contributed by atoms with Gasteiger partial charge >= 0.3 is 0 Å². The first-order valence-electron chi connectivity index (χ1n) is 12.1. The summed E-state index contributed by atoms with van der Waals surface area (Å²) in [7, 11) is 0. The largest absolute Gasteiger partial charge is 0.399 e. The van der Waals surface area contributed by atoms with Crippen LogP contribution in [0.4, 0.5) is 5.69 Å². The van der Waals surface area contributed by atoms with Gasteiger partial charge in [0, 0.05) is 31.2 Å². The smallest absolute Gasteiger partial charge is 0.264 e. The Morgan fingerprint density at radius 3 is 2.59 bits per heavy atom. The number of aryl methyl sites for hydroxylation is 1. The second-order valence-electron chi connectivity index (χ2n) is 10.3. The van der Waals surface area contributed by atoms with E-state index in [2.05, 4.69) is 17.2 Å². The normalized spacial score (nSPS) is 32.4. The summed E-state index contributed by atoms with van der Waals surface area (Å²) in [5, 5.41) is 4.45. The molecule has 32 heavy (non-hydrogen) atoms. The number of hydrogen-bond donors (Lipinski definition) is 2. The summed E-state index contributed by atoms with van der Waals surface area (Å²) >= 11 is 1.64. The maximum atomic E-state index is 12.9. The molecule has 0 spiro atoms. The average Bonchev–Trinajstić information content (AvgIpc) is 3.49. The summed E-state index contributed by atoms with van der Waals surface area (Å²) in [4.78, 5) is 32.0. The topological polar surface area (TPSA) is 87.8 Å². The number of nitrogens with one attached hydrogen (secondary N) is 1. The van der Waals surface area contributed by atoms with Crippen LogP contribution < -0.4 is 11.1 Å². The molecule has 3 fully saturated rings. The van der Waals surface area contributed by atoms with Gasteiger partial charge < -0.3 is 16.0 Å². The molecule has 3 N–H and O–H groups in total. The number of piperidine rings is 1. The molecule has 2 unspecified atom stereocenters. The number of hydrogen-bond acceptors (Lipinski definition) is 5. The number of amidine groups is 1. The molecule has 0 aromatic heterocycles. The second-order valence-corrected chi connectivity index (χ2v) is 11.7. The zero-order valence-corrected chi connectivity index (χ0v) is 19.7. The maximum absolute atomic E-state index is 12.9. The van der Waals surface area contributed by atoms with Crippen molar-refractivity contribution < 1.29 is 9.59 Å². The third kappa shape index (κ3) is 4.28. The number of thioether (sulfide) groups is 1. The van der Waals surface area contributed by atoms with Gasteiger partial charge in [-0.2, -0.15) is 4.99 Å². The van der Waals surface area contributed by atoms with Gasteiger partial charge in [-0.05, 0) is 80.9 Å². The highest BCUT2D eigenvalue weighted by molar-refractivity contribution is 8.16. The van der Waals surface area contributed by atoms with Crippen LogP contribution in [0.5, 0.6) is 0 Å². The quantitative estimate of drug-likeness (QED) is 0.664. The van der Waals surface area contributed by atoms with Gasteiger partial charge in [0.15, 0.2) is 5.17 Å². The Hall–Kier alpha value is -2.02. The van der Waals surface area contributed by atoms with Crippen molar-refractivity contribution in [3.63, 3.8) is 0 Å². The summed E-state index contributed by atoms with van der Waals surface area (Å²) in [6, 6.07) is 8.23. The van der Waals surface area contributed by atoms with Crippen molar-refractivity contribution in [2.45, 2.75) is 69.1 Å². The van der Waals surface area contributed by atoms with E-state index in [1.807, 2.05) is 29.2 Å². The molecule has 6 nitrogen and oxygen atoms in total. The molecule has 7 heteroatoms. The number of fused-ring (bicyclic) bond motifs is 2. The Morgan fingerprint density at radius 2 is 1.94 bits per heavy atom. The Morgan fingerprint density at radius 1 is 1.19 bits per heavy atom. The van der Waals surface area contributed by atoms with Crippen LogP contribution in [0.25, 0.3) is 0 Å². The molecule has 2 bridgehead atoms. The Balaban J connectivity index is 1.11. The predicted molar refractivity (Wildman–Crippen MR) is 129 cm³/mol. The Kier molecular flexibility index (Phi) is 5.95. The molecule has 2 saturated carbocycles. The van der Waals surface area contributed by atoms with Crippen molar-refractivity contribution >= 4 is 34.4 Å². The van der Waals surface area contributed by atoms with Crippen LogP contribution >= 0.6 is 11.8 Å². The van der Waals surface area contributed by atoms with Crippen LogP contribution in [0, 0.1) is 17.8 Å². The highest BCUT2D eigenvalue weighted by atomic mass is 32.2. The summed E-state index contributed by atoms with van der Waals surface area (Å²) in [6.45, 7) is 3.51. The van der Waals surface area contributed by atoms with E-state index in [4.69, 9.17) is 5.73 Å². The molecule has 2 aliphatic heterocycles. The van der Waals surface area contributed by atoms with Crippen molar-refractivity contribution in [1.29, 1.82) is 0 Å². The molecule has 1 saturated heterocycles. The number of carbonyl (C=O) groups excluding carboxylic acids is 2. The summed E-state index contributed by atoms with van der Waals surface area (Å²) in [5.41, 5.74) is 7.61. The number of nitrogens with zero attached hydrogens (tertiary/aromatic N) is 2. The standard InChI is InChI=1S/C25H34N4O2S/c1-25(23(31)28-24(32-25)27-21-15-17-2-6-18(21)14-17)19-10-12-29(13-11-19)22(30)9-5-16-3-7-20(26)8-4-16/h3-4,7-8,17-19,21H,2,5-6,9-15,26H2,1H3,(H,27,28,31)/t17-,18?,21+,25?/m1/s1. The number of carbonyl (C=O) groups is 2. The van der Waals surface area contributed by atoms with Crippen LogP contribution in [-0.2, 0) is 16.0 Å². The zero-order valence-electron chi connectivity index (χ0n) is 18.9. The van der Waals surface area contributed by atoms with E-state index in [0.717, 1.165) is 60.6 Å². The van der Waals surface area contributed by atoms with E-state index in [-0.39, 0.29) is 17.7 Å². The van der Waals surface area contributed by atoms with Gasteiger partial charge in [0.25, 0.3) is 5.91 Å². The molecule has 2 aliphatic carbocycles. The molecule has 0 radical (unpaired) electrons. The lowest BCUT2D eigenvalue weighted by atomic mass is 9.84. The fourth-order valence-electron chi connectivity index (χ4n) is 6.14. The van der Waals surface area contributed by atoms with Gasteiger partial charge in [-0.15, -0.1) is 0 Å². The van der Waals surface area contributed by atoms with Crippen LogP contribution in [-0.4, -0.2) is 45.8 Å². The summed E-state index contributed by atoms with van der Waals surface area (Å²) in [6.07, 6.45) is 8.22. The SMILES string of the molecule is CC1(C2CCN(C(=O)CCc3ccc(N)cc3)CC2)SC(N[C@H]2C[C@@H]3CCC2C3)=NC1=O. The third-order valence-corrected chi connectivity index (χ3v) is 9.55. The first-order valence-corrected chi connectivity index (χ1v) is 12.9. The molecule has 1 aromatic rings. The molecule has 2 heterocycles. The predicted octanol–water partition coefficient (Wildman–Crippen LogP) is 3.61. The molecule has 172 valence electrons. The monoisotopic (exact) mass is 454 g/mol. The van der Waals surface area contributed by atoms with Crippen molar-refractivity contribution in [2.75, 3.05) is 18.8 Å². The van der Waals surface area contributed by atoms with Gasteiger partial charge in [-0.25, -0.2) is 0 Å². The molecular weight excluding hydrogens is 420 g/mol. The Bertz CT molecular complexity index is 909. The Labute approximate surface area is 194 Å². The van der Waals surface area contributed by atoms with Gasteiger partial charge in [-0.3, -0.25) is 9.59 Å². The minimum absolute atomic E-state index is 0.00119. The van der Waals surface area contributed by atoms with Gasteiger partial charge in [0.2, 0.25) is 5.91 Å². The third-order valence-electron chi connectivity index (χ3n) is 8.22. The van der Waals surface area contributed by atoms with E-state index < -0.39 is 4.75 Å². The number of anilines is 1. The number of nitrogen functional groups attached to an aromatic ring is 1. The summed E-state index contributed by atoms with van der Waals surface area (Å²) in [5.74, 6) is 2.08. The van der Waals surface area contributed by atoms with Gasteiger partial charge in [0.05, 0.1) is 0 Å². The number of amides is 2. The molecule has 5 rings (SSSR count). The fraction of sp³-hybridized carbons (Fsp3) is 0.640. The minimum Gasteiger partial charge on any atom is -0.399 e. The van der Waals surface area contributed by atoms with E-state index >= 15 is 0 Å². The summed E-state index contributed by atoms with van der Waals surface area (Å²) < 4.78 is -0.501. The maximum Gasteiger partial charge on any atom is 0.264 e. The molecule has 4 aliphatic rings.